The summed E-state index contributed by atoms with van der Waals surface area (Å²) in [5, 5.41) is 5.69. The van der Waals surface area contributed by atoms with Crippen molar-refractivity contribution in [2.75, 3.05) is 11.9 Å². The van der Waals surface area contributed by atoms with E-state index in [-0.39, 0.29) is 0 Å². The molecule has 18 heavy (non-hydrogen) atoms. The van der Waals surface area contributed by atoms with E-state index in [1.54, 1.807) is 17.4 Å². The van der Waals surface area contributed by atoms with Crippen molar-refractivity contribution in [3.63, 3.8) is 0 Å². The second-order valence-electron chi connectivity index (χ2n) is 3.56. The highest BCUT2D eigenvalue weighted by Crippen LogP contribution is 2.15. The highest BCUT2D eigenvalue weighted by molar-refractivity contribution is 7.09. The fourth-order valence-electron chi connectivity index (χ4n) is 1.40. The van der Waals surface area contributed by atoms with Gasteiger partial charge in [-0.05, 0) is 18.4 Å². The zero-order valence-corrected chi connectivity index (χ0v) is 11.6. The second kappa shape index (κ2) is 6.68. The van der Waals surface area contributed by atoms with Gasteiger partial charge in [0.05, 0.1) is 6.54 Å². The van der Waals surface area contributed by atoms with Gasteiger partial charge in [0.2, 0.25) is 0 Å². The normalized spacial score (nSPS) is 10.6. The zero-order chi connectivity index (χ0) is 12.8. The first-order chi connectivity index (χ1) is 8.78. The molecule has 0 fully saturated rings. The van der Waals surface area contributed by atoms with E-state index in [0.29, 0.717) is 24.2 Å². The highest BCUT2D eigenvalue weighted by atomic mass is 35.5. The third kappa shape index (κ3) is 3.94. The number of nitrogens with one attached hydrogen (secondary N) is 1. The van der Waals surface area contributed by atoms with Gasteiger partial charge >= 0.3 is 0 Å². The van der Waals surface area contributed by atoms with Gasteiger partial charge in [-0.1, -0.05) is 17.7 Å². The largest absolute Gasteiger partial charge is 0.374 e. The lowest BCUT2D eigenvalue weighted by atomic mass is 10.4. The van der Waals surface area contributed by atoms with Gasteiger partial charge in [-0.2, -0.15) is 0 Å². The Morgan fingerprint density at radius 2 is 2.33 bits per heavy atom. The predicted octanol–water partition coefficient (Wildman–Crippen LogP) is 3.34. The molecule has 0 aromatic carbocycles. The summed E-state index contributed by atoms with van der Waals surface area (Å²) in [4.78, 5) is 9.70. The lowest BCUT2D eigenvalue weighted by molar-refractivity contribution is 0.128. The smallest absolute Gasteiger partial charge is 0.158 e. The van der Waals surface area contributed by atoms with Crippen molar-refractivity contribution in [1.29, 1.82) is 0 Å². The number of anilines is 1. The summed E-state index contributed by atoms with van der Waals surface area (Å²) in [6.07, 6.45) is 0. The Labute approximate surface area is 115 Å². The maximum absolute atomic E-state index is 5.95. The van der Waals surface area contributed by atoms with Crippen molar-refractivity contribution in [3.05, 3.63) is 39.4 Å². The van der Waals surface area contributed by atoms with Crippen LogP contribution >= 0.6 is 22.9 Å². The van der Waals surface area contributed by atoms with Crippen LogP contribution in [-0.4, -0.2) is 16.6 Å². The molecule has 4 nitrogen and oxygen atoms in total. The van der Waals surface area contributed by atoms with E-state index in [0.717, 1.165) is 12.4 Å². The fourth-order valence-corrected chi connectivity index (χ4v) is 2.25. The maximum atomic E-state index is 5.95. The molecule has 0 aliphatic carbocycles. The van der Waals surface area contributed by atoms with Crippen LogP contribution in [0.4, 0.5) is 5.82 Å². The quantitative estimate of drug-likeness (QED) is 0.826. The minimum Gasteiger partial charge on any atom is -0.374 e. The fraction of sp³-hybridized carbons (Fsp3) is 0.333. The Hall–Kier alpha value is -1.17. The Kier molecular flexibility index (Phi) is 4.92. The SMILES string of the molecule is CCOCc1nc(Cl)cc(NCc2cccs2)n1. The van der Waals surface area contributed by atoms with Gasteiger partial charge in [-0.3, -0.25) is 0 Å². The maximum Gasteiger partial charge on any atom is 0.158 e. The minimum absolute atomic E-state index is 0.380. The number of halogens is 1. The van der Waals surface area contributed by atoms with Crippen molar-refractivity contribution in [2.45, 2.75) is 20.1 Å². The van der Waals surface area contributed by atoms with Gasteiger partial charge in [-0.15, -0.1) is 11.3 Å². The average molecular weight is 284 g/mol. The van der Waals surface area contributed by atoms with Gasteiger partial charge < -0.3 is 10.1 Å². The van der Waals surface area contributed by atoms with Crippen LogP contribution in [0, 0.1) is 0 Å². The van der Waals surface area contributed by atoms with E-state index in [1.165, 1.54) is 4.88 Å². The van der Waals surface area contributed by atoms with E-state index in [9.17, 15) is 0 Å². The number of hydrogen-bond donors (Lipinski definition) is 1. The predicted molar refractivity (Wildman–Crippen MR) is 74.0 cm³/mol. The van der Waals surface area contributed by atoms with E-state index in [4.69, 9.17) is 16.3 Å². The molecule has 6 heteroatoms. The zero-order valence-electron chi connectivity index (χ0n) is 10.0. The van der Waals surface area contributed by atoms with Crippen LogP contribution in [0.5, 0.6) is 0 Å². The molecule has 0 spiro atoms. The lowest BCUT2D eigenvalue weighted by Crippen LogP contribution is -2.05. The molecule has 0 saturated carbocycles. The molecule has 0 saturated heterocycles. The Morgan fingerprint density at radius 1 is 1.44 bits per heavy atom. The number of thiophene rings is 1. The van der Waals surface area contributed by atoms with Crippen LogP contribution in [0.15, 0.2) is 23.6 Å². The highest BCUT2D eigenvalue weighted by Gasteiger charge is 2.03. The van der Waals surface area contributed by atoms with Gasteiger partial charge in [0.1, 0.15) is 17.6 Å². The van der Waals surface area contributed by atoms with Crippen molar-refractivity contribution in [1.82, 2.24) is 9.97 Å². The molecule has 2 rings (SSSR count). The molecule has 0 aliphatic heterocycles. The van der Waals surface area contributed by atoms with Gasteiger partial charge in [0.15, 0.2) is 5.82 Å². The Balaban J connectivity index is 2.00. The molecule has 96 valence electrons. The molecule has 2 aromatic heterocycles. The number of nitrogens with zero attached hydrogens (tertiary/aromatic N) is 2. The summed E-state index contributed by atoms with van der Waals surface area (Å²) >= 11 is 7.65. The van der Waals surface area contributed by atoms with Crippen LogP contribution in [0.25, 0.3) is 0 Å². The first-order valence-corrected chi connectivity index (χ1v) is 6.91. The molecule has 0 unspecified atom stereocenters. The Morgan fingerprint density at radius 3 is 3.06 bits per heavy atom. The average Bonchev–Trinajstić information content (AvgIpc) is 2.86. The molecule has 0 bridgehead atoms. The number of aromatic nitrogens is 2. The van der Waals surface area contributed by atoms with E-state index in [2.05, 4.69) is 21.4 Å². The monoisotopic (exact) mass is 283 g/mol. The van der Waals surface area contributed by atoms with Crippen LogP contribution in [0.1, 0.15) is 17.6 Å². The van der Waals surface area contributed by atoms with Crippen molar-refractivity contribution >= 4 is 28.8 Å². The molecular formula is C12H14ClN3OS. The summed E-state index contributed by atoms with van der Waals surface area (Å²) in [6.45, 7) is 3.68. The number of rotatable bonds is 6. The van der Waals surface area contributed by atoms with Crippen LogP contribution in [-0.2, 0) is 17.9 Å². The molecular weight excluding hydrogens is 270 g/mol. The molecule has 0 atom stereocenters. The van der Waals surface area contributed by atoms with Gasteiger partial charge in [0.25, 0.3) is 0 Å². The molecule has 0 amide bonds. The van der Waals surface area contributed by atoms with E-state index >= 15 is 0 Å². The van der Waals surface area contributed by atoms with E-state index < -0.39 is 0 Å². The topological polar surface area (TPSA) is 47.0 Å². The van der Waals surface area contributed by atoms with Crippen LogP contribution in [0.3, 0.4) is 0 Å². The summed E-state index contributed by atoms with van der Waals surface area (Å²) < 4.78 is 5.27. The number of hydrogen-bond acceptors (Lipinski definition) is 5. The third-order valence-electron chi connectivity index (χ3n) is 2.20. The molecule has 2 heterocycles. The first-order valence-electron chi connectivity index (χ1n) is 5.65. The molecule has 0 aliphatic rings. The summed E-state index contributed by atoms with van der Waals surface area (Å²) in [6, 6.07) is 5.81. The standard InChI is InChI=1S/C12H14ClN3OS/c1-2-17-8-12-15-10(13)6-11(16-12)14-7-9-4-3-5-18-9/h3-6H,2,7-8H2,1H3,(H,14,15,16). The third-order valence-corrected chi connectivity index (χ3v) is 3.27. The minimum atomic E-state index is 0.380. The molecule has 0 radical (unpaired) electrons. The van der Waals surface area contributed by atoms with E-state index in [1.807, 2.05) is 18.4 Å². The van der Waals surface area contributed by atoms with Crippen molar-refractivity contribution < 1.29 is 4.74 Å². The lowest BCUT2D eigenvalue weighted by Gasteiger charge is -2.07. The van der Waals surface area contributed by atoms with Crippen molar-refractivity contribution in [3.8, 4) is 0 Å². The second-order valence-corrected chi connectivity index (χ2v) is 4.98. The van der Waals surface area contributed by atoms with Crippen LogP contribution < -0.4 is 5.32 Å². The molecule has 1 N–H and O–H groups in total. The van der Waals surface area contributed by atoms with Crippen LogP contribution in [0.2, 0.25) is 5.15 Å². The summed E-state index contributed by atoms with van der Waals surface area (Å²) in [5.41, 5.74) is 0. The summed E-state index contributed by atoms with van der Waals surface area (Å²) in [5.74, 6) is 1.32. The van der Waals surface area contributed by atoms with Gasteiger partial charge in [-0.25, -0.2) is 9.97 Å². The van der Waals surface area contributed by atoms with Crippen molar-refractivity contribution in [2.24, 2.45) is 0 Å². The summed E-state index contributed by atoms with van der Waals surface area (Å²) in [7, 11) is 0. The first kappa shape index (κ1) is 13.3. The number of ether oxygens (including phenoxy) is 1. The molecule has 2 aromatic rings. The van der Waals surface area contributed by atoms with Gasteiger partial charge in [0, 0.05) is 17.6 Å². The Bertz CT molecular complexity index is 490.